The third-order valence-corrected chi connectivity index (χ3v) is 8.07. The molecule has 0 heterocycles. The summed E-state index contributed by atoms with van der Waals surface area (Å²) in [7, 11) is 4.22. The molecule has 0 fully saturated rings. The van der Waals surface area contributed by atoms with E-state index in [0.717, 1.165) is 32.5 Å². The van der Waals surface area contributed by atoms with Crippen LogP contribution >= 0.6 is 0 Å². The molecule has 0 aliphatic carbocycles. The zero-order valence-electron chi connectivity index (χ0n) is 27.4. The predicted octanol–water partition coefficient (Wildman–Crippen LogP) is 9.85. The second-order valence-corrected chi connectivity index (χ2v) is 12.1. The maximum absolute atomic E-state index is 6.36. The molecule has 0 rings (SSSR count). The molecule has 0 aliphatic rings. The second kappa shape index (κ2) is 32.1. The Morgan fingerprint density at radius 3 is 1.26 bits per heavy atom. The average molecular weight is 554 g/mol. The molecule has 1 atom stereocenters. The Morgan fingerprint density at radius 1 is 0.538 bits per heavy atom. The van der Waals surface area contributed by atoms with Crippen molar-refractivity contribution in [1.82, 2.24) is 0 Å². The van der Waals surface area contributed by atoms with Crippen molar-refractivity contribution in [2.45, 2.75) is 180 Å². The number of nitrogens with two attached hydrogens (primary N) is 1. The Morgan fingerprint density at radius 2 is 0.897 bits per heavy atom. The van der Waals surface area contributed by atoms with Gasteiger partial charge in [-0.2, -0.15) is 0 Å². The number of hydrogen-bond donors (Lipinski definition) is 1. The van der Waals surface area contributed by atoms with E-state index in [1.807, 2.05) is 0 Å². The Bertz CT molecular complexity index is 505. The minimum absolute atomic E-state index is 0.0357. The Labute approximate surface area is 246 Å². The van der Waals surface area contributed by atoms with Crippen LogP contribution in [0.15, 0.2) is 0 Å². The van der Waals surface area contributed by atoms with Gasteiger partial charge in [-0.3, -0.25) is 0 Å². The van der Waals surface area contributed by atoms with Crippen molar-refractivity contribution in [3.8, 4) is 0 Å². The van der Waals surface area contributed by atoms with Crippen LogP contribution in [-0.2, 0) is 9.47 Å². The van der Waals surface area contributed by atoms with Gasteiger partial charge in [-0.15, -0.1) is 0 Å². The van der Waals surface area contributed by atoms with E-state index in [-0.39, 0.29) is 6.10 Å². The number of unbranched alkanes of at least 4 members (excludes halogenated alkanes) is 22. The number of rotatable bonds is 32. The van der Waals surface area contributed by atoms with Gasteiger partial charge in [-0.1, -0.05) is 155 Å². The SMILES string of the molecule is CCCCCCCCCCCCCCOCC(OCCCCCCCCCCCCCC)C(CCN)=[N+](C)C. The fraction of sp³-hybridized carbons (Fsp3) is 0.971. The van der Waals surface area contributed by atoms with Crippen molar-refractivity contribution in [3.63, 3.8) is 0 Å². The van der Waals surface area contributed by atoms with E-state index in [1.165, 1.54) is 147 Å². The first-order valence-electron chi connectivity index (χ1n) is 17.6. The first kappa shape index (κ1) is 38.5. The van der Waals surface area contributed by atoms with Crippen LogP contribution in [0.2, 0.25) is 0 Å². The molecule has 1 unspecified atom stereocenters. The van der Waals surface area contributed by atoms with Gasteiger partial charge in [-0.05, 0) is 12.8 Å². The summed E-state index contributed by atoms with van der Waals surface area (Å²) in [4.78, 5) is 0. The topological polar surface area (TPSA) is 47.5 Å². The molecule has 0 aliphatic heterocycles. The highest BCUT2D eigenvalue weighted by Gasteiger charge is 2.23. The molecule has 39 heavy (non-hydrogen) atoms. The largest absolute Gasteiger partial charge is 0.378 e. The van der Waals surface area contributed by atoms with Gasteiger partial charge in [0, 0.05) is 26.2 Å². The van der Waals surface area contributed by atoms with E-state index in [2.05, 4.69) is 32.5 Å². The maximum atomic E-state index is 6.36. The van der Waals surface area contributed by atoms with Gasteiger partial charge < -0.3 is 15.2 Å². The van der Waals surface area contributed by atoms with Gasteiger partial charge in [0.2, 0.25) is 0 Å². The molecule has 0 amide bonds. The average Bonchev–Trinajstić information content (AvgIpc) is 2.93. The summed E-state index contributed by atoms with van der Waals surface area (Å²) in [5.74, 6) is 0. The molecule has 234 valence electrons. The normalized spacial score (nSPS) is 12.2. The lowest BCUT2D eigenvalue weighted by Gasteiger charge is -2.18. The minimum atomic E-state index is 0.0357. The molecule has 0 saturated carbocycles. The van der Waals surface area contributed by atoms with Gasteiger partial charge >= 0.3 is 0 Å². The zero-order valence-corrected chi connectivity index (χ0v) is 27.4. The summed E-state index contributed by atoms with van der Waals surface area (Å²) < 4.78 is 14.7. The van der Waals surface area contributed by atoms with Crippen molar-refractivity contribution >= 4 is 5.71 Å². The van der Waals surface area contributed by atoms with Crippen LogP contribution < -0.4 is 5.73 Å². The van der Waals surface area contributed by atoms with E-state index in [1.54, 1.807) is 0 Å². The zero-order chi connectivity index (χ0) is 28.7. The molecule has 0 saturated heterocycles. The summed E-state index contributed by atoms with van der Waals surface area (Å²) in [6, 6.07) is 0. The Hall–Kier alpha value is -0.450. The van der Waals surface area contributed by atoms with Crippen molar-refractivity contribution in [3.05, 3.63) is 0 Å². The van der Waals surface area contributed by atoms with Gasteiger partial charge in [-0.25, -0.2) is 4.58 Å². The van der Waals surface area contributed by atoms with Gasteiger partial charge in [0.1, 0.15) is 14.1 Å². The fourth-order valence-corrected chi connectivity index (χ4v) is 5.47. The molecule has 0 radical (unpaired) electrons. The van der Waals surface area contributed by atoms with Gasteiger partial charge in [0.25, 0.3) is 0 Å². The third-order valence-electron chi connectivity index (χ3n) is 8.07. The van der Waals surface area contributed by atoms with Crippen LogP contribution in [0, 0.1) is 0 Å². The highest BCUT2D eigenvalue weighted by molar-refractivity contribution is 5.84. The van der Waals surface area contributed by atoms with Crippen LogP contribution in [0.1, 0.15) is 174 Å². The molecule has 0 bridgehead atoms. The highest BCUT2D eigenvalue weighted by Crippen LogP contribution is 2.14. The first-order valence-corrected chi connectivity index (χ1v) is 17.6. The van der Waals surface area contributed by atoms with E-state index in [0.29, 0.717) is 13.2 Å². The summed E-state index contributed by atoms with van der Waals surface area (Å²) >= 11 is 0. The van der Waals surface area contributed by atoms with Crippen molar-refractivity contribution in [2.75, 3.05) is 40.5 Å². The van der Waals surface area contributed by atoms with E-state index in [4.69, 9.17) is 15.2 Å². The molecular weight excluding hydrogens is 480 g/mol. The number of hydrogen-bond acceptors (Lipinski definition) is 3. The molecule has 0 spiro atoms. The van der Waals surface area contributed by atoms with Gasteiger partial charge in [0.15, 0.2) is 11.8 Å². The van der Waals surface area contributed by atoms with Crippen LogP contribution in [-0.4, -0.2) is 56.9 Å². The molecule has 0 aromatic rings. The van der Waals surface area contributed by atoms with Crippen molar-refractivity contribution < 1.29 is 14.0 Å². The standard InChI is InChI=1S/C35H73N2O2/c1-5-7-9-11-13-15-17-19-21-23-25-27-31-38-33-35(34(29-30-36)37(3)4)39-32-28-26-24-22-20-18-16-14-12-10-8-6-2/h35H,5-33,36H2,1-4H3/q+1. The van der Waals surface area contributed by atoms with Crippen LogP contribution in [0.4, 0.5) is 0 Å². The van der Waals surface area contributed by atoms with Crippen LogP contribution in [0.5, 0.6) is 0 Å². The minimum Gasteiger partial charge on any atom is -0.378 e. The molecule has 4 heteroatoms. The van der Waals surface area contributed by atoms with E-state index < -0.39 is 0 Å². The lowest BCUT2D eigenvalue weighted by molar-refractivity contribution is -0.469. The summed E-state index contributed by atoms with van der Waals surface area (Å²) in [5.41, 5.74) is 7.19. The highest BCUT2D eigenvalue weighted by atomic mass is 16.5. The maximum Gasteiger partial charge on any atom is 0.184 e. The van der Waals surface area contributed by atoms with Crippen molar-refractivity contribution in [1.29, 1.82) is 0 Å². The van der Waals surface area contributed by atoms with Gasteiger partial charge in [0.05, 0.1) is 6.61 Å². The first-order chi connectivity index (χ1) is 19.2. The quantitative estimate of drug-likeness (QED) is 0.0512. The summed E-state index contributed by atoms with van der Waals surface area (Å²) in [6.07, 6.45) is 33.9. The fourth-order valence-electron chi connectivity index (χ4n) is 5.47. The van der Waals surface area contributed by atoms with Crippen molar-refractivity contribution in [2.24, 2.45) is 5.73 Å². The van der Waals surface area contributed by atoms with Crippen LogP contribution in [0.25, 0.3) is 0 Å². The molecule has 0 aromatic carbocycles. The number of ether oxygens (including phenoxy) is 2. The summed E-state index contributed by atoms with van der Waals surface area (Å²) in [6.45, 7) is 7.57. The Balaban J connectivity index is 3.89. The number of nitrogens with zero attached hydrogens (tertiary/aromatic N) is 1. The monoisotopic (exact) mass is 554 g/mol. The molecule has 4 nitrogen and oxygen atoms in total. The van der Waals surface area contributed by atoms with Crippen LogP contribution in [0.3, 0.4) is 0 Å². The third kappa shape index (κ3) is 27.5. The molecular formula is C35H73N2O2+. The second-order valence-electron chi connectivity index (χ2n) is 12.1. The lowest BCUT2D eigenvalue weighted by Crippen LogP contribution is -2.36. The van der Waals surface area contributed by atoms with E-state index >= 15 is 0 Å². The Kier molecular flexibility index (Phi) is 31.7. The molecule has 2 N–H and O–H groups in total. The van der Waals surface area contributed by atoms with E-state index in [9.17, 15) is 0 Å². The summed E-state index contributed by atoms with van der Waals surface area (Å²) in [5, 5.41) is 0. The predicted molar refractivity (Wildman–Crippen MR) is 174 cm³/mol. The lowest BCUT2D eigenvalue weighted by atomic mass is 10.1. The molecule has 0 aromatic heterocycles. The smallest absolute Gasteiger partial charge is 0.184 e.